The predicted molar refractivity (Wildman–Crippen MR) is 103 cm³/mol. The molecule has 1 aromatic carbocycles. The maximum absolute atomic E-state index is 13.7. The molecule has 0 spiro atoms. The molecular formula is C19H15F3N4O3S. The predicted octanol–water partition coefficient (Wildman–Crippen LogP) is 4.59. The molecule has 7 nitrogen and oxygen atoms in total. The summed E-state index contributed by atoms with van der Waals surface area (Å²) in [4.78, 5) is 13.4. The van der Waals surface area contributed by atoms with Gasteiger partial charge in [-0.25, -0.2) is 4.68 Å². The maximum atomic E-state index is 13.7. The Morgan fingerprint density at radius 1 is 1.23 bits per heavy atom. The number of nitrogens with zero attached hydrogens (tertiary/aromatic N) is 2. The third kappa shape index (κ3) is 3.34. The first kappa shape index (κ1) is 18.8. The SMILES string of the molecule is O=C(Nc1ccc2c(c1)OCO2)c1cc2n(n1)[C@H](C(F)(F)F)C[C@@H](c1cccs1)N2. The number of alkyl halides is 3. The highest BCUT2D eigenvalue weighted by atomic mass is 32.1. The van der Waals surface area contributed by atoms with E-state index in [2.05, 4.69) is 15.7 Å². The fraction of sp³-hybridized carbons (Fsp3) is 0.263. The van der Waals surface area contributed by atoms with Gasteiger partial charge in [0.15, 0.2) is 23.2 Å². The van der Waals surface area contributed by atoms with Crippen LogP contribution in [0.25, 0.3) is 0 Å². The Kier molecular flexibility index (Phi) is 4.35. The zero-order valence-electron chi connectivity index (χ0n) is 15.3. The summed E-state index contributed by atoms with van der Waals surface area (Å²) in [5, 5.41) is 11.5. The third-order valence-corrected chi connectivity index (χ3v) is 5.93. The molecule has 0 radical (unpaired) electrons. The van der Waals surface area contributed by atoms with Crippen molar-refractivity contribution in [2.24, 2.45) is 0 Å². The van der Waals surface area contributed by atoms with Crippen molar-refractivity contribution in [3.63, 3.8) is 0 Å². The molecule has 2 atom stereocenters. The number of nitrogens with one attached hydrogen (secondary N) is 2. The molecule has 4 heterocycles. The van der Waals surface area contributed by atoms with Crippen LogP contribution in [-0.2, 0) is 0 Å². The number of amides is 1. The Hall–Kier alpha value is -3.21. The summed E-state index contributed by atoms with van der Waals surface area (Å²) < 4.78 is 52.5. The fourth-order valence-electron chi connectivity index (χ4n) is 3.53. The first-order valence-corrected chi connectivity index (χ1v) is 9.93. The summed E-state index contributed by atoms with van der Waals surface area (Å²) >= 11 is 1.38. The number of carbonyl (C=O) groups excluding carboxylic acids is 1. The number of hydrogen-bond acceptors (Lipinski definition) is 6. The number of aromatic nitrogens is 2. The molecule has 0 bridgehead atoms. The van der Waals surface area contributed by atoms with E-state index in [-0.39, 0.29) is 24.7 Å². The number of thiophene rings is 1. The highest BCUT2D eigenvalue weighted by Crippen LogP contribution is 2.44. The van der Waals surface area contributed by atoms with Gasteiger partial charge >= 0.3 is 6.18 Å². The molecule has 11 heteroatoms. The molecule has 2 N–H and O–H groups in total. The monoisotopic (exact) mass is 436 g/mol. The van der Waals surface area contributed by atoms with E-state index in [1.165, 1.54) is 17.4 Å². The van der Waals surface area contributed by atoms with Crippen molar-refractivity contribution in [3.8, 4) is 11.5 Å². The van der Waals surface area contributed by atoms with Gasteiger partial charge in [-0.15, -0.1) is 11.3 Å². The average Bonchev–Trinajstić information content (AvgIpc) is 3.44. The lowest BCUT2D eigenvalue weighted by Crippen LogP contribution is -2.35. The molecule has 2 aliphatic rings. The molecule has 3 aromatic rings. The molecule has 0 saturated carbocycles. The van der Waals surface area contributed by atoms with E-state index >= 15 is 0 Å². The minimum absolute atomic E-state index is 0.0937. The van der Waals surface area contributed by atoms with Gasteiger partial charge in [0.25, 0.3) is 5.91 Å². The second-order valence-electron chi connectivity index (χ2n) is 6.89. The van der Waals surface area contributed by atoms with Crippen molar-refractivity contribution < 1.29 is 27.4 Å². The summed E-state index contributed by atoms with van der Waals surface area (Å²) in [6.45, 7) is 0.0937. The van der Waals surface area contributed by atoms with E-state index in [0.717, 1.165) is 9.56 Å². The summed E-state index contributed by atoms with van der Waals surface area (Å²) in [5.41, 5.74) is 0.309. The van der Waals surface area contributed by atoms with Gasteiger partial charge in [-0.3, -0.25) is 4.79 Å². The molecule has 156 valence electrons. The van der Waals surface area contributed by atoms with Crippen LogP contribution >= 0.6 is 11.3 Å². The standard InChI is InChI=1S/C19H15F3N4O3S/c20-19(21,22)16-7-11(15-2-1-5-30-15)24-17-8-12(25-26(16)17)18(27)23-10-3-4-13-14(6-10)29-9-28-13/h1-6,8,11,16,24H,7,9H2,(H,23,27)/t11-,16-/m0/s1. The van der Waals surface area contributed by atoms with Gasteiger partial charge in [-0.05, 0) is 23.6 Å². The second kappa shape index (κ2) is 6.94. The van der Waals surface area contributed by atoms with Crippen molar-refractivity contribution in [1.29, 1.82) is 0 Å². The Labute approximate surface area is 172 Å². The number of ether oxygens (including phenoxy) is 2. The van der Waals surface area contributed by atoms with Crippen molar-refractivity contribution in [2.45, 2.75) is 24.7 Å². The van der Waals surface area contributed by atoms with Gasteiger partial charge in [0.1, 0.15) is 5.82 Å². The van der Waals surface area contributed by atoms with E-state index in [1.807, 2.05) is 5.38 Å². The van der Waals surface area contributed by atoms with Crippen LogP contribution in [-0.4, -0.2) is 28.7 Å². The van der Waals surface area contributed by atoms with Crippen molar-refractivity contribution >= 4 is 28.7 Å². The Balaban J connectivity index is 1.42. The summed E-state index contributed by atoms with van der Waals surface area (Å²) in [5.74, 6) is 0.570. The lowest BCUT2D eigenvalue weighted by atomic mass is 10.0. The summed E-state index contributed by atoms with van der Waals surface area (Å²) in [6.07, 6.45) is -4.70. The maximum Gasteiger partial charge on any atom is 0.410 e. The Morgan fingerprint density at radius 2 is 2.07 bits per heavy atom. The lowest BCUT2D eigenvalue weighted by Gasteiger charge is -2.32. The van der Waals surface area contributed by atoms with Gasteiger partial charge in [0.2, 0.25) is 6.79 Å². The first-order chi connectivity index (χ1) is 14.4. The van der Waals surface area contributed by atoms with E-state index in [9.17, 15) is 18.0 Å². The van der Waals surface area contributed by atoms with Gasteiger partial charge < -0.3 is 20.1 Å². The lowest BCUT2D eigenvalue weighted by molar-refractivity contribution is -0.173. The van der Waals surface area contributed by atoms with Crippen LogP contribution in [0, 0.1) is 0 Å². The van der Waals surface area contributed by atoms with Gasteiger partial charge in [0, 0.05) is 29.1 Å². The zero-order chi connectivity index (χ0) is 20.9. The number of rotatable bonds is 3. The normalized spacial score (nSPS) is 19.8. The molecule has 0 unspecified atom stereocenters. The number of hydrogen-bond donors (Lipinski definition) is 2. The number of carbonyl (C=O) groups is 1. The van der Waals surface area contributed by atoms with Crippen LogP contribution in [0.5, 0.6) is 11.5 Å². The first-order valence-electron chi connectivity index (χ1n) is 9.06. The molecule has 30 heavy (non-hydrogen) atoms. The second-order valence-corrected chi connectivity index (χ2v) is 7.87. The molecule has 5 rings (SSSR count). The highest BCUT2D eigenvalue weighted by molar-refractivity contribution is 7.10. The number of anilines is 2. The quantitative estimate of drug-likeness (QED) is 0.628. The molecular weight excluding hydrogens is 421 g/mol. The average molecular weight is 436 g/mol. The van der Waals surface area contributed by atoms with Crippen molar-refractivity contribution in [1.82, 2.24) is 9.78 Å². The number of benzene rings is 1. The van der Waals surface area contributed by atoms with E-state index in [4.69, 9.17) is 9.47 Å². The van der Waals surface area contributed by atoms with E-state index < -0.39 is 24.2 Å². The van der Waals surface area contributed by atoms with Crippen LogP contribution in [0.1, 0.15) is 33.9 Å². The molecule has 0 saturated heterocycles. The molecule has 0 aliphatic carbocycles. The van der Waals surface area contributed by atoms with Crippen LogP contribution in [0.3, 0.4) is 0 Å². The van der Waals surface area contributed by atoms with Gasteiger partial charge in [0.05, 0.1) is 6.04 Å². The fourth-order valence-corrected chi connectivity index (χ4v) is 4.32. The van der Waals surface area contributed by atoms with Crippen LogP contribution in [0.15, 0.2) is 41.8 Å². The largest absolute Gasteiger partial charge is 0.454 e. The molecule has 1 amide bonds. The highest BCUT2D eigenvalue weighted by Gasteiger charge is 2.47. The molecule has 0 fully saturated rings. The minimum Gasteiger partial charge on any atom is -0.454 e. The Morgan fingerprint density at radius 3 is 2.83 bits per heavy atom. The zero-order valence-corrected chi connectivity index (χ0v) is 16.1. The Bertz CT molecular complexity index is 1100. The van der Waals surface area contributed by atoms with Crippen LogP contribution in [0.4, 0.5) is 24.7 Å². The van der Waals surface area contributed by atoms with Crippen molar-refractivity contribution in [3.05, 3.63) is 52.3 Å². The van der Waals surface area contributed by atoms with E-state index in [1.54, 1.807) is 30.3 Å². The van der Waals surface area contributed by atoms with Crippen molar-refractivity contribution in [2.75, 3.05) is 17.4 Å². The van der Waals surface area contributed by atoms with Crippen LogP contribution < -0.4 is 20.1 Å². The third-order valence-electron chi connectivity index (χ3n) is 4.94. The number of fused-ring (bicyclic) bond motifs is 2. The topological polar surface area (TPSA) is 77.4 Å². The summed E-state index contributed by atoms with van der Waals surface area (Å²) in [7, 11) is 0. The number of halogens is 3. The minimum atomic E-state index is -4.50. The summed E-state index contributed by atoms with van der Waals surface area (Å²) in [6, 6.07) is 7.42. The van der Waals surface area contributed by atoms with Crippen LogP contribution in [0.2, 0.25) is 0 Å². The van der Waals surface area contributed by atoms with Gasteiger partial charge in [-0.1, -0.05) is 6.07 Å². The smallest absolute Gasteiger partial charge is 0.410 e. The van der Waals surface area contributed by atoms with E-state index in [0.29, 0.717) is 17.2 Å². The molecule has 2 aliphatic heterocycles. The van der Waals surface area contributed by atoms with Gasteiger partial charge in [-0.2, -0.15) is 18.3 Å². The molecule has 2 aromatic heterocycles.